The standard InChI is InChI=1S/C24H33N5O3S/c1-5-6-17(4)21(16(2)3)27-22(30)18-7-8-19-20(15-18)33-24(26-19)28-23(31)25-9-10-29-11-13-32-14-12-29/h6-8,15H,5,9-14H2,1-4H3,(H,27,30)(H2,25,26,28,31)/b17-6-. The van der Waals surface area contributed by atoms with E-state index in [-0.39, 0.29) is 11.9 Å². The van der Waals surface area contributed by atoms with Gasteiger partial charge in [0.15, 0.2) is 5.13 Å². The maximum absolute atomic E-state index is 12.9. The van der Waals surface area contributed by atoms with E-state index in [9.17, 15) is 9.59 Å². The van der Waals surface area contributed by atoms with Gasteiger partial charge in [0.2, 0.25) is 0 Å². The van der Waals surface area contributed by atoms with Crippen molar-refractivity contribution < 1.29 is 14.3 Å². The van der Waals surface area contributed by atoms with Crippen LogP contribution in [-0.2, 0) is 4.74 Å². The number of aromatic nitrogens is 1. The van der Waals surface area contributed by atoms with Gasteiger partial charge in [-0.05, 0) is 51.0 Å². The fourth-order valence-electron chi connectivity index (χ4n) is 3.62. The number of hydrogen-bond acceptors (Lipinski definition) is 6. The molecular formula is C24H33N5O3S. The zero-order valence-electron chi connectivity index (χ0n) is 19.8. The molecule has 0 bridgehead atoms. The van der Waals surface area contributed by atoms with Crippen LogP contribution < -0.4 is 16.0 Å². The number of nitrogens with zero attached hydrogens (tertiary/aromatic N) is 2. The highest BCUT2D eigenvalue weighted by atomic mass is 32.1. The minimum Gasteiger partial charge on any atom is -0.379 e. The van der Waals surface area contributed by atoms with Crippen molar-refractivity contribution in [2.45, 2.75) is 34.1 Å². The van der Waals surface area contributed by atoms with E-state index in [0.717, 1.165) is 66.3 Å². The number of amides is 3. The molecule has 1 saturated heterocycles. The second-order valence-corrected chi connectivity index (χ2v) is 9.19. The minimum absolute atomic E-state index is 0.166. The molecule has 1 aromatic carbocycles. The number of benzene rings is 1. The Morgan fingerprint density at radius 2 is 1.97 bits per heavy atom. The Kier molecular flexibility index (Phi) is 8.99. The molecule has 3 rings (SSSR count). The third-order valence-corrected chi connectivity index (χ3v) is 6.27. The van der Waals surface area contributed by atoms with E-state index < -0.39 is 0 Å². The number of thiazole rings is 1. The number of carbonyl (C=O) groups is 2. The number of nitrogens with one attached hydrogen (secondary N) is 3. The molecule has 1 aliphatic rings. The molecule has 1 aromatic heterocycles. The Balaban J connectivity index is 1.60. The maximum Gasteiger partial charge on any atom is 0.321 e. The first-order valence-electron chi connectivity index (χ1n) is 11.3. The van der Waals surface area contributed by atoms with Crippen LogP contribution in [0.15, 0.2) is 41.1 Å². The Hall–Kier alpha value is -2.75. The second-order valence-electron chi connectivity index (χ2n) is 8.16. The number of anilines is 1. The summed E-state index contributed by atoms with van der Waals surface area (Å²) in [6.07, 6.45) is 3.00. The Morgan fingerprint density at radius 1 is 1.21 bits per heavy atom. The van der Waals surface area contributed by atoms with Gasteiger partial charge in [-0.25, -0.2) is 9.78 Å². The largest absolute Gasteiger partial charge is 0.379 e. The summed E-state index contributed by atoms with van der Waals surface area (Å²) in [7, 11) is 0. The second kappa shape index (κ2) is 11.9. The summed E-state index contributed by atoms with van der Waals surface area (Å²) in [5.41, 5.74) is 4.24. The van der Waals surface area contributed by atoms with Gasteiger partial charge in [0, 0.05) is 37.4 Å². The zero-order chi connectivity index (χ0) is 23.8. The lowest BCUT2D eigenvalue weighted by atomic mass is 10.1. The molecule has 3 amide bonds. The molecule has 1 aliphatic heterocycles. The first-order chi connectivity index (χ1) is 15.9. The molecular weight excluding hydrogens is 438 g/mol. The number of morpholine rings is 1. The van der Waals surface area contributed by atoms with Crippen molar-refractivity contribution >= 4 is 38.6 Å². The summed E-state index contributed by atoms with van der Waals surface area (Å²) in [5.74, 6) is -0.166. The fraction of sp³-hybridized carbons (Fsp3) is 0.458. The molecule has 178 valence electrons. The first kappa shape index (κ1) is 24.9. The average Bonchev–Trinajstić information content (AvgIpc) is 3.19. The van der Waals surface area contributed by atoms with Crippen LogP contribution in [0.1, 0.15) is 44.5 Å². The molecule has 2 heterocycles. The van der Waals surface area contributed by atoms with Crippen molar-refractivity contribution in [1.82, 2.24) is 20.5 Å². The van der Waals surface area contributed by atoms with Gasteiger partial charge < -0.3 is 15.4 Å². The minimum atomic E-state index is -0.285. The van der Waals surface area contributed by atoms with Gasteiger partial charge in [-0.1, -0.05) is 29.9 Å². The lowest BCUT2D eigenvalue weighted by Crippen LogP contribution is -2.42. The molecule has 3 N–H and O–H groups in total. The van der Waals surface area contributed by atoms with E-state index in [2.05, 4.69) is 38.8 Å². The summed E-state index contributed by atoms with van der Waals surface area (Å²) in [4.78, 5) is 31.8. The highest BCUT2D eigenvalue weighted by Gasteiger charge is 2.14. The van der Waals surface area contributed by atoms with Crippen LogP contribution in [-0.4, -0.2) is 61.2 Å². The third kappa shape index (κ3) is 7.12. The molecule has 0 unspecified atom stereocenters. The van der Waals surface area contributed by atoms with Crippen LogP contribution in [0.5, 0.6) is 0 Å². The van der Waals surface area contributed by atoms with E-state index in [0.29, 0.717) is 17.2 Å². The zero-order valence-corrected chi connectivity index (χ0v) is 20.6. The van der Waals surface area contributed by atoms with Crippen molar-refractivity contribution in [2.75, 3.05) is 44.7 Å². The van der Waals surface area contributed by atoms with Crippen LogP contribution in [0.3, 0.4) is 0 Å². The monoisotopic (exact) mass is 471 g/mol. The molecule has 0 aliphatic carbocycles. The lowest BCUT2D eigenvalue weighted by Gasteiger charge is -2.26. The molecule has 1 fully saturated rings. The molecule has 9 heteroatoms. The van der Waals surface area contributed by atoms with E-state index in [1.54, 1.807) is 12.1 Å². The van der Waals surface area contributed by atoms with Crippen molar-refractivity contribution in [2.24, 2.45) is 0 Å². The van der Waals surface area contributed by atoms with Gasteiger partial charge in [0.25, 0.3) is 5.91 Å². The first-order valence-corrected chi connectivity index (χ1v) is 12.1. The number of fused-ring (bicyclic) bond motifs is 1. The van der Waals surface area contributed by atoms with Gasteiger partial charge >= 0.3 is 6.03 Å². The number of urea groups is 1. The molecule has 0 atom stereocenters. The van der Waals surface area contributed by atoms with Gasteiger partial charge in [0.05, 0.1) is 23.4 Å². The predicted molar refractivity (Wildman–Crippen MR) is 134 cm³/mol. The Labute approximate surface area is 199 Å². The van der Waals surface area contributed by atoms with Gasteiger partial charge in [0.1, 0.15) is 0 Å². The summed E-state index contributed by atoms with van der Waals surface area (Å²) < 4.78 is 6.17. The van der Waals surface area contributed by atoms with Crippen molar-refractivity contribution in [3.05, 3.63) is 46.7 Å². The molecule has 0 radical (unpaired) electrons. The molecule has 33 heavy (non-hydrogen) atoms. The molecule has 8 nitrogen and oxygen atoms in total. The highest BCUT2D eigenvalue weighted by Crippen LogP contribution is 2.27. The van der Waals surface area contributed by atoms with E-state index >= 15 is 0 Å². The summed E-state index contributed by atoms with van der Waals surface area (Å²) >= 11 is 1.34. The predicted octanol–water partition coefficient (Wildman–Crippen LogP) is 4.13. The third-order valence-electron chi connectivity index (χ3n) is 5.33. The topological polar surface area (TPSA) is 95.6 Å². The maximum atomic E-state index is 12.9. The Bertz CT molecular complexity index is 1050. The normalized spacial score (nSPS) is 14.7. The lowest BCUT2D eigenvalue weighted by molar-refractivity contribution is 0.0388. The highest BCUT2D eigenvalue weighted by molar-refractivity contribution is 7.22. The van der Waals surface area contributed by atoms with E-state index in [1.807, 2.05) is 26.8 Å². The molecule has 2 aromatic rings. The van der Waals surface area contributed by atoms with Crippen LogP contribution in [0.4, 0.5) is 9.93 Å². The van der Waals surface area contributed by atoms with Crippen molar-refractivity contribution in [1.29, 1.82) is 0 Å². The quantitative estimate of drug-likeness (QED) is 0.503. The average molecular weight is 472 g/mol. The van der Waals surface area contributed by atoms with Gasteiger partial charge in [-0.3, -0.25) is 15.0 Å². The Morgan fingerprint density at radius 3 is 2.67 bits per heavy atom. The van der Waals surface area contributed by atoms with Crippen LogP contribution >= 0.6 is 11.3 Å². The smallest absolute Gasteiger partial charge is 0.321 e. The summed E-state index contributed by atoms with van der Waals surface area (Å²) in [6.45, 7) is 12.6. The van der Waals surface area contributed by atoms with E-state index in [1.165, 1.54) is 11.3 Å². The molecule has 0 spiro atoms. The number of ether oxygens (including phenoxy) is 1. The van der Waals surface area contributed by atoms with Crippen molar-refractivity contribution in [3.63, 3.8) is 0 Å². The molecule has 0 saturated carbocycles. The van der Waals surface area contributed by atoms with Gasteiger partial charge in [-0.2, -0.15) is 0 Å². The van der Waals surface area contributed by atoms with E-state index in [4.69, 9.17) is 4.74 Å². The van der Waals surface area contributed by atoms with Crippen LogP contribution in [0, 0.1) is 0 Å². The summed E-state index contributed by atoms with van der Waals surface area (Å²) in [6, 6.07) is 5.09. The fourth-order valence-corrected chi connectivity index (χ4v) is 4.52. The summed E-state index contributed by atoms with van der Waals surface area (Å²) in [5, 5.41) is 9.19. The number of allylic oxidation sites excluding steroid dienone is 3. The van der Waals surface area contributed by atoms with Crippen LogP contribution in [0.2, 0.25) is 0 Å². The van der Waals surface area contributed by atoms with Crippen molar-refractivity contribution in [3.8, 4) is 0 Å². The number of rotatable bonds is 8. The van der Waals surface area contributed by atoms with Gasteiger partial charge in [-0.15, -0.1) is 0 Å². The SMILES string of the molecule is CC/C=C(/C)C(NC(=O)c1ccc2nc(NC(=O)NCCN3CCOCC3)sc2c1)=C(C)C. The number of hydrogen-bond donors (Lipinski definition) is 3. The van der Waals surface area contributed by atoms with Crippen LogP contribution in [0.25, 0.3) is 10.2 Å². The number of carbonyl (C=O) groups excluding carboxylic acids is 2.